The third-order valence-electron chi connectivity index (χ3n) is 2.65. The average molecular weight is 210 g/mol. The van der Waals surface area contributed by atoms with Gasteiger partial charge in [-0.3, -0.25) is 0 Å². The second-order valence-corrected chi connectivity index (χ2v) is 3.68. The van der Waals surface area contributed by atoms with E-state index in [0.29, 0.717) is 0 Å². The van der Waals surface area contributed by atoms with Crippen LogP contribution in [-0.4, -0.2) is 4.98 Å². The first-order valence-corrected chi connectivity index (χ1v) is 5.09. The van der Waals surface area contributed by atoms with E-state index in [2.05, 4.69) is 11.2 Å². The van der Waals surface area contributed by atoms with Crippen molar-refractivity contribution < 1.29 is 4.39 Å². The Hall–Kier alpha value is -2.09. The fourth-order valence-electron chi connectivity index (χ4n) is 1.85. The fourth-order valence-corrected chi connectivity index (χ4v) is 1.85. The maximum atomic E-state index is 12.8. The Kier molecular flexibility index (Phi) is 2.00. The number of fused-ring (bicyclic) bond motifs is 1. The minimum atomic E-state index is -0.219. The van der Waals surface area contributed by atoms with E-state index < -0.39 is 0 Å². The number of hydrogen-bond acceptors (Lipinski definition) is 0. The molecule has 3 rings (SSSR count). The van der Waals surface area contributed by atoms with Gasteiger partial charge in [0, 0.05) is 16.5 Å². The molecule has 1 N–H and O–H groups in total. The lowest BCUT2D eigenvalue weighted by Gasteiger charge is -1.98. The zero-order valence-electron chi connectivity index (χ0n) is 8.50. The van der Waals surface area contributed by atoms with E-state index in [1.165, 1.54) is 12.1 Å². The van der Waals surface area contributed by atoms with Crippen molar-refractivity contribution in [3.63, 3.8) is 0 Å². The zero-order chi connectivity index (χ0) is 11.0. The summed E-state index contributed by atoms with van der Waals surface area (Å²) in [7, 11) is 0. The molecule has 2 aromatic carbocycles. The van der Waals surface area contributed by atoms with Gasteiger partial charge in [-0.15, -0.1) is 0 Å². The van der Waals surface area contributed by atoms with Crippen molar-refractivity contribution in [2.45, 2.75) is 0 Å². The van der Waals surface area contributed by atoms with Crippen molar-refractivity contribution in [3.8, 4) is 11.1 Å². The molecule has 0 aliphatic heterocycles. The van der Waals surface area contributed by atoms with E-state index in [1.807, 2.05) is 24.3 Å². The second kappa shape index (κ2) is 3.49. The van der Waals surface area contributed by atoms with E-state index in [-0.39, 0.29) is 5.82 Å². The normalized spacial score (nSPS) is 10.8. The van der Waals surface area contributed by atoms with Crippen LogP contribution in [-0.2, 0) is 0 Å². The molecule has 0 saturated carbocycles. The molecule has 0 spiro atoms. The Morgan fingerprint density at radius 2 is 1.69 bits per heavy atom. The number of hydrogen-bond donors (Lipinski definition) is 1. The number of nitrogens with one attached hydrogen (secondary N) is 1. The highest BCUT2D eigenvalue weighted by Crippen LogP contribution is 2.27. The van der Waals surface area contributed by atoms with Crippen molar-refractivity contribution in [1.82, 2.24) is 4.98 Å². The van der Waals surface area contributed by atoms with Gasteiger partial charge in [0.05, 0.1) is 6.20 Å². The fraction of sp³-hybridized carbons (Fsp3) is 0. The highest BCUT2D eigenvalue weighted by atomic mass is 19.1. The van der Waals surface area contributed by atoms with Crippen molar-refractivity contribution in [2.75, 3.05) is 0 Å². The second-order valence-electron chi connectivity index (χ2n) is 3.68. The van der Waals surface area contributed by atoms with Gasteiger partial charge in [0.1, 0.15) is 5.82 Å². The molecule has 0 fully saturated rings. The van der Waals surface area contributed by atoms with E-state index in [9.17, 15) is 4.39 Å². The first-order valence-electron chi connectivity index (χ1n) is 5.09. The van der Waals surface area contributed by atoms with Crippen LogP contribution in [0.3, 0.4) is 0 Å². The monoisotopic (exact) mass is 210 g/mol. The van der Waals surface area contributed by atoms with Crippen molar-refractivity contribution in [3.05, 3.63) is 60.5 Å². The van der Waals surface area contributed by atoms with E-state index in [0.717, 1.165) is 22.0 Å². The van der Waals surface area contributed by atoms with Gasteiger partial charge < -0.3 is 4.98 Å². The summed E-state index contributed by atoms with van der Waals surface area (Å²) in [5, 5.41) is 1.11. The third kappa shape index (κ3) is 1.39. The minimum Gasteiger partial charge on any atom is -0.353 e. The predicted molar refractivity (Wildman–Crippen MR) is 62.5 cm³/mol. The van der Waals surface area contributed by atoms with Crippen LogP contribution in [0.1, 0.15) is 0 Å². The Balaban J connectivity index is 2.22. The molecule has 1 heterocycles. The van der Waals surface area contributed by atoms with Crippen LogP contribution in [0.4, 0.5) is 4.39 Å². The largest absolute Gasteiger partial charge is 0.353 e. The smallest absolute Gasteiger partial charge is 0.123 e. The van der Waals surface area contributed by atoms with Gasteiger partial charge in [-0.25, -0.2) is 4.39 Å². The summed E-state index contributed by atoms with van der Waals surface area (Å²) in [5.74, 6) is -0.219. The van der Waals surface area contributed by atoms with Crippen molar-refractivity contribution >= 4 is 10.9 Å². The molecule has 1 radical (unpaired) electrons. The Labute approximate surface area is 92.5 Å². The summed E-state index contributed by atoms with van der Waals surface area (Å²) < 4.78 is 12.8. The molecule has 3 aromatic rings. The maximum Gasteiger partial charge on any atom is 0.123 e. The number of aromatic amines is 1. The van der Waals surface area contributed by atoms with E-state index in [1.54, 1.807) is 12.1 Å². The van der Waals surface area contributed by atoms with Crippen molar-refractivity contribution in [2.24, 2.45) is 0 Å². The number of benzene rings is 2. The predicted octanol–water partition coefficient (Wildman–Crippen LogP) is 3.77. The number of para-hydroxylation sites is 1. The summed E-state index contributed by atoms with van der Waals surface area (Å²) in [4.78, 5) is 3.08. The van der Waals surface area contributed by atoms with Crippen LogP contribution in [0.15, 0.2) is 48.5 Å². The van der Waals surface area contributed by atoms with Crippen molar-refractivity contribution in [1.29, 1.82) is 0 Å². The summed E-state index contributed by atoms with van der Waals surface area (Å²) in [6.07, 6.45) is 3.10. The van der Waals surface area contributed by atoms with E-state index >= 15 is 0 Å². The van der Waals surface area contributed by atoms with Gasteiger partial charge in [0.15, 0.2) is 0 Å². The molecule has 0 bridgehead atoms. The first-order chi connectivity index (χ1) is 7.84. The Morgan fingerprint density at radius 3 is 2.50 bits per heavy atom. The Morgan fingerprint density at radius 1 is 0.938 bits per heavy atom. The topological polar surface area (TPSA) is 15.8 Å². The molecular weight excluding hydrogens is 201 g/mol. The molecule has 0 saturated heterocycles. The van der Waals surface area contributed by atoms with Crippen LogP contribution in [0.25, 0.3) is 22.0 Å². The van der Waals surface area contributed by atoms with Gasteiger partial charge in [0.25, 0.3) is 0 Å². The molecule has 0 atom stereocenters. The lowest BCUT2D eigenvalue weighted by molar-refractivity contribution is 0.628. The minimum absolute atomic E-state index is 0.219. The molecule has 0 aliphatic carbocycles. The van der Waals surface area contributed by atoms with Gasteiger partial charge in [-0.2, -0.15) is 0 Å². The highest BCUT2D eigenvalue weighted by Gasteiger charge is 2.05. The number of H-pyrrole nitrogens is 1. The van der Waals surface area contributed by atoms with Gasteiger partial charge in [0.2, 0.25) is 0 Å². The number of rotatable bonds is 1. The average Bonchev–Trinajstić information content (AvgIpc) is 2.74. The molecule has 1 aromatic heterocycles. The maximum absolute atomic E-state index is 12.8. The molecular formula is C14H9FN. The molecule has 77 valence electrons. The molecule has 16 heavy (non-hydrogen) atoms. The molecule has 2 heteroatoms. The SMILES string of the molecule is Fc1ccc(-c2[c][nH]c3ccccc23)cc1. The van der Waals surface area contributed by atoms with Crippen LogP contribution in [0.2, 0.25) is 0 Å². The summed E-state index contributed by atoms with van der Waals surface area (Å²) in [5.41, 5.74) is 3.00. The lowest BCUT2D eigenvalue weighted by atomic mass is 10.1. The van der Waals surface area contributed by atoms with Crippen LogP contribution >= 0.6 is 0 Å². The van der Waals surface area contributed by atoms with Crippen LogP contribution < -0.4 is 0 Å². The third-order valence-corrected chi connectivity index (χ3v) is 2.65. The summed E-state index contributed by atoms with van der Waals surface area (Å²) in [6, 6.07) is 14.4. The highest BCUT2D eigenvalue weighted by molar-refractivity contribution is 5.94. The van der Waals surface area contributed by atoms with Gasteiger partial charge in [-0.05, 0) is 23.8 Å². The first kappa shape index (κ1) is 9.16. The molecule has 0 unspecified atom stereocenters. The standard InChI is InChI=1S/C14H9FN/c15-11-7-5-10(6-8-11)13-9-16-14-4-2-1-3-12(13)14/h1-8,16H. The molecule has 1 nitrogen and oxygen atoms in total. The number of aromatic nitrogens is 1. The molecule has 0 aliphatic rings. The van der Waals surface area contributed by atoms with E-state index in [4.69, 9.17) is 0 Å². The summed E-state index contributed by atoms with van der Waals surface area (Å²) >= 11 is 0. The summed E-state index contributed by atoms with van der Waals surface area (Å²) in [6.45, 7) is 0. The van der Waals surface area contributed by atoms with Crippen LogP contribution in [0, 0.1) is 12.0 Å². The van der Waals surface area contributed by atoms with Gasteiger partial charge in [-0.1, -0.05) is 30.3 Å². The van der Waals surface area contributed by atoms with Crippen LogP contribution in [0.5, 0.6) is 0 Å². The Bertz CT molecular complexity index is 623. The number of halogens is 1. The zero-order valence-corrected chi connectivity index (χ0v) is 8.50. The lowest BCUT2D eigenvalue weighted by Crippen LogP contribution is -1.77. The van der Waals surface area contributed by atoms with Gasteiger partial charge >= 0.3 is 0 Å². The molecule has 0 amide bonds. The quantitative estimate of drug-likeness (QED) is 0.629.